The minimum Gasteiger partial charge on any atom is -0.484 e. The largest absolute Gasteiger partial charge is 0.484 e. The van der Waals surface area contributed by atoms with E-state index in [1.165, 1.54) is 11.8 Å². The maximum absolute atomic E-state index is 13.1. The highest BCUT2D eigenvalue weighted by Gasteiger charge is 2.25. The molecule has 1 aromatic heterocycles. The number of carbonyl (C=O) groups excluding carboxylic acids is 1. The summed E-state index contributed by atoms with van der Waals surface area (Å²) < 4.78 is 7.54. The lowest BCUT2D eigenvalue weighted by Gasteiger charge is -2.24. The second kappa shape index (κ2) is 10.8. The molecule has 3 aromatic rings. The smallest absolute Gasteiger partial charge is 0.240 e. The van der Waals surface area contributed by atoms with Gasteiger partial charge in [0.1, 0.15) is 12.4 Å². The molecule has 0 aliphatic rings. The molecule has 31 heavy (non-hydrogen) atoms. The highest BCUT2D eigenvalue weighted by Crippen LogP contribution is 2.27. The number of nitrogens with zero attached hydrogens (tertiary/aromatic N) is 5. The lowest BCUT2D eigenvalue weighted by Crippen LogP contribution is -2.37. The fourth-order valence-electron chi connectivity index (χ4n) is 2.84. The van der Waals surface area contributed by atoms with Crippen molar-refractivity contribution in [3.05, 3.63) is 65.4 Å². The number of hydrogen-bond donors (Lipinski definition) is 0. The number of carbonyl (C=O) groups is 1. The summed E-state index contributed by atoms with van der Waals surface area (Å²) in [5.41, 5.74) is 0.766. The van der Waals surface area contributed by atoms with Gasteiger partial charge in [0.25, 0.3) is 0 Å². The molecule has 0 radical (unpaired) electrons. The maximum Gasteiger partial charge on any atom is 0.240 e. The van der Waals surface area contributed by atoms with Crippen LogP contribution in [0.5, 0.6) is 5.75 Å². The number of thioether (sulfide) groups is 1. The predicted molar refractivity (Wildman–Crippen MR) is 121 cm³/mol. The maximum atomic E-state index is 13.1. The summed E-state index contributed by atoms with van der Waals surface area (Å²) in [6, 6.07) is 18.7. The van der Waals surface area contributed by atoms with E-state index in [4.69, 9.17) is 21.6 Å². The Morgan fingerprint density at radius 3 is 2.65 bits per heavy atom. The molecular formula is C22H22ClN5O2S. The molecule has 1 atom stereocenters. The number of anilines is 1. The molecule has 7 nitrogen and oxygen atoms in total. The molecule has 9 heteroatoms. The Bertz CT molecular complexity index is 1070. The van der Waals surface area contributed by atoms with E-state index >= 15 is 0 Å². The molecule has 0 fully saturated rings. The van der Waals surface area contributed by atoms with Gasteiger partial charge in [0.05, 0.1) is 22.8 Å². The molecule has 0 N–H and O–H groups in total. The van der Waals surface area contributed by atoms with Gasteiger partial charge in [0, 0.05) is 19.3 Å². The molecule has 0 spiro atoms. The Morgan fingerprint density at radius 2 is 1.94 bits per heavy atom. The zero-order chi connectivity index (χ0) is 22.2. The van der Waals surface area contributed by atoms with E-state index in [1.54, 1.807) is 21.6 Å². The van der Waals surface area contributed by atoms with Crippen LogP contribution in [-0.4, -0.2) is 32.5 Å². The fourth-order valence-corrected chi connectivity index (χ4v) is 3.93. The molecule has 1 unspecified atom stereocenters. The van der Waals surface area contributed by atoms with Crippen molar-refractivity contribution in [3.8, 4) is 11.8 Å². The van der Waals surface area contributed by atoms with Crippen LogP contribution in [0.15, 0.2) is 59.8 Å². The first-order chi connectivity index (χ1) is 15.0. The number of nitriles is 1. The van der Waals surface area contributed by atoms with Crippen molar-refractivity contribution in [2.75, 3.05) is 11.4 Å². The number of rotatable bonds is 9. The van der Waals surface area contributed by atoms with Gasteiger partial charge in [-0.3, -0.25) is 4.79 Å². The van der Waals surface area contributed by atoms with E-state index in [-0.39, 0.29) is 18.9 Å². The van der Waals surface area contributed by atoms with Crippen molar-refractivity contribution in [3.63, 3.8) is 0 Å². The summed E-state index contributed by atoms with van der Waals surface area (Å²) >= 11 is 7.44. The van der Waals surface area contributed by atoms with E-state index in [2.05, 4.69) is 16.3 Å². The topological polar surface area (TPSA) is 84.0 Å². The van der Waals surface area contributed by atoms with Gasteiger partial charge >= 0.3 is 0 Å². The number of halogens is 1. The van der Waals surface area contributed by atoms with E-state index in [0.29, 0.717) is 28.3 Å². The number of hydrogen-bond acceptors (Lipinski definition) is 6. The van der Waals surface area contributed by atoms with Gasteiger partial charge in [-0.15, -0.1) is 10.2 Å². The Hall–Kier alpha value is -3.02. The molecule has 0 saturated carbocycles. The van der Waals surface area contributed by atoms with Crippen LogP contribution in [0.1, 0.15) is 19.2 Å². The average Bonchev–Trinajstić information content (AvgIpc) is 3.13. The second-order valence-corrected chi connectivity index (χ2v) is 8.39. The molecule has 0 aliphatic carbocycles. The summed E-state index contributed by atoms with van der Waals surface area (Å²) in [5, 5.41) is 18.1. The van der Waals surface area contributed by atoms with Gasteiger partial charge in [0.2, 0.25) is 5.91 Å². The molecule has 1 amide bonds. The van der Waals surface area contributed by atoms with E-state index < -0.39 is 5.25 Å². The van der Waals surface area contributed by atoms with Crippen LogP contribution in [0, 0.1) is 11.3 Å². The minimum atomic E-state index is -0.417. The van der Waals surface area contributed by atoms with Crippen molar-refractivity contribution in [2.24, 2.45) is 7.05 Å². The highest BCUT2D eigenvalue weighted by molar-refractivity contribution is 8.00. The van der Waals surface area contributed by atoms with Crippen molar-refractivity contribution in [2.45, 2.75) is 30.4 Å². The summed E-state index contributed by atoms with van der Waals surface area (Å²) in [6.07, 6.45) is 0.255. The first-order valence-corrected chi connectivity index (χ1v) is 10.9. The number of amides is 1. The predicted octanol–water partition coefficient (Wildman–Crippen LogP) is 4.47. The van der Waals surface area contributed by atoms with E-state index in [9.17, 15) is 4.79 Å². The Morgan fingerprint density at radius 1 is 1.23 bits per heavy atom. The highest BCUT2D eigenvalue weighted by atomic mass is 35.5. The minimum absolute atomic E-state index is 0.0942. The Kier molecular flexibility index (Phi) is 7.93. The van der Waals surface area contributed by atoms with Gasteiger partial charge in [-0.25, -0.2) is 0 Å². The molecule has 160 valence electrons. The third-order valence-electron chi connectivity index (χ3n) is 4.53. The van der Waals surface area contributed by atoms with Crippen molar-refractivity contribution < 1.29 is 9.53 Å². The number of benzene rings is 2. The SMILES string of the molecule is CC(Sc1nnc(COc2ccccc2Cl)n1C)C(=O)N(CCC#N)c1ccccc1. The zero-order valence-electron chi connectivity index (χ0n) is 17.2. The molecular weight excluding hydrogens is 434 g/mol. The fraction of sp³-hybridized carbons (Fsp3) is 0.273. The van der Waals surface area contributed by atoms with Gasteiger partial charge in [-0.1, -0.05) is 53.7 Å². The van der Waals surface area contributed by atoms with Gasteiger partial charge < -0.3 is 14.2 Å². The van der Waals surface area contributed by atoms with Crippen LogP contribution < -0.4 is 9.64 Å². The van der Waals surface area contributed by atoms with Crippen LogP contribution in [0.25, 0.3) is 0 Å². The van der Waals surface area contributed by atoms with E-state index in [0.717, 1.165) is 5.69 Å². The standard InChI is InChI=1S/C22H22ClN5O2S/c1-16(21(29)28(14-8-13-24)17-9-4-3-5-10-17)31-22-26-25-20(27(22)2)15-30-19-12-7-6-11-18(19)23/h3-7,9-12,16H,8,14-15H2,1-2H3. The summed E-state index contributed by atoms with van der Waals surface area (Å²) in [4.78, 5) is 14.8. The molecule has 0 bridgehead atoms. The van der Waals surface area contributed by atoms with Crippen LogP contribution in [0.3, 0.4) is 0 Å². The normalized spacial score (nSPS) is 11.5. The van der Waals surface area contributed by atoms with Crippen molar-refractivity contribution in [1.82, 2.24) is 14.8 Å². The second-order valence-electron chi connectivity index (χ2n) is 6.67. The lowest BCUT2D eigenvalue weighted by atomic mass is 10.2. The molecule has 2 aromatic carbocycles. The number of aromatic nitrogens is 3. The number of para-hydroxylation sites is 2. The number of ether oxygens (including phenoxy) is 1. The third kappa shape index (κ3) is 5.78. The molecule has 1 heterocycles. The van der Waals surface area contributed by atoms with Crippen LogP contribution in [0.2, 0.25) is 5.02 Å². The van der Waals surface area contributed by atoms with Crippen molar-refractivity contribution in [1.29, 1.82) is 5.26 Å². The van der Waals surface area contributed by atoms with Gasteiger partial charge in [-0.2, -0.15) is 5.26 Å². The first-order valence-electron chi connectivity index (χ1n) is 9.67. The quantitative estimate of drug-likeness (QED) is 0.442. The summed E-state index contributed by atoms with van der Waals surface area (Å²) in [7, 11) is 1.83. The third-order valence-corrected chi connectivity index (χ3v) is 5.96. The van der Waals surface area contributed by atoms with Crippen molar-refractivity contribution >= 4 is 35.0 Å². The van der Waals surface area contributed by atoms with Crippen LogP contribution in [-0.2, 0) is 18.4 Å². The van der Waals surface area contributed by atoms with E-state index in [1.807, 2.05) is 56.4 Å². The van der Waals surface area contributed by atoms with Gasteiger partial charge in [0.15, 0.2) is 11.0 Å². The van der Waals surface area contributed by atoms with Crippen LogP contribution >= 0.6 is 23.4 Å². The average molecular weight is 456 g/mol. The lowest BCUT2D eigenvalue weighted by molar-refractivity contribution is -0.117. The monoisotopic (exact) mass is 455 g/mol. The summed E-state index contributed by atoms with van der Waals surface area (Å²) in [6.45, 7) is 2.36. The van der Waals surface area contributed by atoms with Gasteiger partial charge in [-0.05, 0) is 31.2 Å². The first kappa shape index (κ1) is 22.7. The summed E-state index contributed by atoms with van der Waals surface area (Å²) in [5.74, 6) is 1.09. The zero-order valence-corrected chi connectivity index (χ0v) is 18.8. The molecule has 0 saturated heterocycles. The Balaban J connectivity index is 1.68. The van der Waals surface area contributed by atoms with Crippen LogP contribution in [0.4, 0.5) is 5.69 Å². The Labute approximate surface area is 190 Å². The molecule has 0 aliphatic heterocycles. The molecule has 3 rings (SSSR count).